The van der Waals surface area contributed by atoms with Gasteiger partial charge in [0.1, 0.15) is 0 Å². The Morgan fingerprint density at radius 3 is 2.29 bits per heavy atom. The van der Waals surface area contributed by atoms with E-state index in [-0.39, 0.29) is 11.3 Å². The van der Waals surface area contributed by atoms with Crippen molar-refractivity contribution < 1.29 is 8.42 Å². The van der Waals surface area contributed by atoms with Gasteiger partial charge >= 0.3 is 0 Å². The van der Waals surface area contributed by atoms with Gasteiger partial charge < -0.3 is 5.73 Å². The van der Waals surface area contributed by atoms with Gasteiger partial charge in [-0.15, -0.1) is 0 Å². The van der Waals surface area contributed by atoms with Crippen LogP contribution in [0.1, 0.15) is 45.4 Å². The van der Waals surface area contributed by atoms with Gasteiger partial charge in [0.25, 0.3) is 0 Å². The Hall–Kier alpha value is -0.0900. The molecule has 0 unspecified atom stereocenters. The summed E-state index contributed by atoms with van der Waals surface area (Å²) in [5.41, 5.74) is 5.75. The van der Waals surface area contributed by atoms with E-state index < -0.39 is 9.84 Å². The second kappa shape index (κ2) is 5.12. The van der Waals surface area contributed by atoms with Gasteiger partial charge in [0.2, 0.25) is 0 Å². The number of sulfone groups is 1. The van der Waals surface area contributed by atoms with E-state index in [0.717, 1.165) is 38.5 Å². The summed E-state index contributed by atoms with van der Waals surface area (Å²) in [4.78, 5) is 0. The Morgan fingerprint density at radius 2 is 1.79 bits per heavy atom. The first-order valence-electron chi connectivity index (χ1n) is 5.53. The van der Waals surface area contributed by atoms with Gasteiger partial charge in [-0.3, -0.25) is 0 Å². The highest BCUT2D eigenvalue weighted by molar-refractivity contribution is 7.92. The summed E-state index contributed by atoms with van der Waals surface area (Å²) in [5.74, 6) is 0.364. The molecule has 0 radical (unpaired) electrons. The van der Waals surface area contributed by atoms with Crippen LogP contribution in [0.5, 0.6) is 0 Å². The molecule has 1 aliphatic rings. The number of rotatable bonds is 4. The van der Waals surface area contributed by atoms with Crippen molar-refractivity contribution >= 4 is 9.84 Å². The standard InChI is InChI=1S/C10H21NO2S/c1-2-3-8-14(12,13)10-6-4-9(11)5-7-10/h9-10H,2-8,11H2,1H3. The molecule has 0 atom stereocenters. The predicted octanol–water partition coefficient (Wildman–Crippen LogP) is 1.47. The number of unbranched alkanes of at least 4 members (excludes halogenated alkanes) is 1. The molecule has 1 aliphatic carbocycles. The molecule has 3 nitrogen and oxygen atoms in total. The maximum absolute atomic E-state index is 11.8. The van der Waals surface area contributed by atoms with Crippen molar-refractivity contribution in [3.63, 3.8) is 0 Å². The number of nitrogens with two attached hydrogens (primary N) is 1. The molecule has 1 fully saturated rings. The lowest BCUT2D eigenvalue weighted by atomic mass is 9.96. The molecule has 0 aromatic heterocycles. The maximum Gasteiger partial charge on any atom is 0.153 e. The van der Waals surface area contributed by atoms with Crippen LogP contribution in [-0.2, 0) is 9.84 Å². The third-order valence-electron chi connectivity index (χ3n) is 3.01. The second-order valence-electron chi connectivity index (χ2n) is 4.26. The van der Waals surface area contributed by atoms with Gasteiger partial charge in [0, 0.05) is 6.04 Å². The fourth-order valence-electron chi connectivity index (χ4n) is 1.96. The Bertz CT molecular complexity index is 253. The molecule has 14 heavy (non-hydrogen) atoms. The molecule has 84 valence electrons. The molecular weight excluding hydrogens is 198 g/mol. The molecule has 0 aromatic rings. The van der Waals surface area contributed by atoms with E-state index in [0.29, 0.717) is 5.75 Å². The average molecular weight is 219 g/mol. The topological polar surface area (TPSA) is 60.2 Å². The van der Waals surface area contributed by atoms with Gasteiger partial charge in [-0.05, 0) is 32.1 Å². The highest BCUT2D eigenvalue weighted by Crippen LogP contribution is 2.24. The molecule has 0 amide bonds. The zero-order valence-electron chi connectivity index (χ0n) is 8.91. The van der Waals surface area contributed by atoms with Crippen LogP contribution in [0.4, 0.5) is 0 Å². The zero-order chi connectivity index (χ0) is 10.6. The molecule has 0 heterocycles. The van der Waals surface area contributed by atoms with Crippen molar-refractivity contribution in [2.24, 2.45) is 5.73 Å². The molecule has 0 saturated heterocycles. The van der Waals surface area contributed by atoms with Crippen LogP contribution in [0.3, 0.4) is 0 Å². The summed E-state index contributed by atoms with van der Waals surface area (Å²) >= 11 is 0. The number of hydrogen-bond donors (Lipinski definition) is 1. The first-order valence-corrected chi connectivity index (χ1v) is 7.25. The number of hydrogen-bond acceptors (Lipinski definition) is 3. The lowest BCUT2D eigenvalue weighted by molar-refractivity contribution is 0.433. The third kappa shape index (κ3) is 3.24. The lowest BCUT2D eigenvalue weighted by Crippen LogP contribution is -2.34. The molecule has 2 N–H and O–H groups in total. The normalized spacial score (nSPS) is 29.0. The molecule has 0 aliphatic heterocycles. The Morgan fingerprint density at radius 1 is 1.21 bits per heavy atom. The van der Waals surface area contributed by atoms with Crippen LogP contribution >= 0.6 is 0 Å². The van der Waals surface area contributed by atoms with E-state index in [2.05, 4.69) is 0 Å². The first-order chi connectivity index (χ1) is 6.56. The van der Waals surface area contributed by atoms with Crippen LogP contribution in [0.25, 0.3) is 0 Å². The van der Waals surface area contributed by atoms with Gasteiger partial charge in [0.05, 0.1) is 11.0 Å². The summed E-state index contributed by atoms with van der Waals surface area (Å²) in [6.45, 7) is 2.02. The highest BCUT2D eigenvalue weighted by Gasteiger charge is 2.28. The third-order valence-corrected chi connectivity index (χ3v) is 5.35. The largest absolute Gasteiger partial charge is 0.328 e. The van der Waals surface area contributed by atoms with Crippen molar-refractivity contribution in [3.05, 3.63) is 0 Å². The monoisotopic (exact) mass is 219 g/mol. The Kier molecular flexibility index (Phi) is 4.38. The van der Waals surface area contributed by atoms with E-state index in [9.17, 15) is 8.42 Å². The molecule has 1 rings (SSSR count). The molecular formula is C10H21NO2S. The first kappa shape index (κ1) is 12.0. The van der Waals surface area contributed by atoms with Gasteiger partial charge in [-0.2, -0.15) is 0 Å². The molecule has 1 saturated carbocycles. The van der Waals surface area contributed by atoms with E-state index in [4.69, 9.17) is 5.73 Å². The lowest BCUT2D eigenvalue weighted by Gasteiger charge is -2.25. The molecule has 0 aromatic carbocycles. The minimum absolute atomic E-state index is 0.103. The summed E-state index contributed by atoms with van der Waals surface area (Å²) in [7, 11) is -2.82. The minimum Gasteiger partial charge on any atom is -0.328 e. The van der Waals surface area contributed by atoms with Crippen LogP contribution in [0, 0.1) is 0 Å². The van der Waals surface area contributed by atoms with Crippen LogP contribution in [0.15, 0.2) is 0 Å². The minimum atomic E-state index is -2.82. The highest BCUT2D eigenvalue weighted by atomic mass is 32.2. The fourth-order valence-corrected chi connectivity index (χ4v) is 3.97. The van der Waals surface area contributed by atoms with Gasteiger partial charge in [-0.1, -0.05) is 13.3 Å². The molecule has 0 bridgehead atoms. The quantitative estimate of drug-likeness (QED) is 0.779. The predicted molar refractivity (Wildman–Crippen MR) is 58.9 cm³/mol. The van der Waals surface area contributed by atoms with E-state index in [1.807, 2.05) is 6.92 Å². The maximum atomic E-state index is 11.8. The fraction of sp³-hybridized carbons (Fsp3) is 1.00. The van der Waals surface area contributed by atoms with Crippen LogP contribution in [-0.4, -0.2) is 25.5 Å². The zero-order valence-corrected chi connectivity index (χ0v) is 9.72. The summed E-state index contributed by atoms with van der Waals surface area (Å²) in [5, 5.41) is -0.103. The van der Waals surface area contributed by atoms with E-state index in [1.165, 1.54) is 0 Å². The Labute approximate surface area is 87.0 Å². The molecule has 0 spiro atoms. The van der Waals surface area contributed by atoms with Gasteiger partial charge in [-0.25, -0.2) is 8.42 Å². The van der Waals surface area contributed by atoms with Crippen molar-refractivity contribution in [2.45, 2.75) is 56.7 Å². The van der Waals surface area contributed by atoms with Gasteiger partial charge in [0.15, 0.2) is 9.84 Å². The summed E-state index contributed by atoms with van der Waals surface area (Å²) < 4.78 is 23.6. The van der Waals surface area contributed by atoms with Crippen molar-refractivity contribution in [1.82, 2.24) is 0 Å². The summed E-state index contributed by atoms with van der Waals surface area (Å²) in [6.07, 6.45) is 5.03. The van der Waals surface area contributed by atoms with Crippen molar-refractivity contribution in [3.8, 4) is 0 Å². The Balaban J connectivity index is 2.47. The van der Waals surface area contributed by atoms with Crippen LogP contribution < -0.4 is 5.73 Å². The van der Waals surface area contributed by atoms with Crippen molar-refractivity contribution in [2.75, 3.05) is 5.75 Å². The van der Waals surface area contributed by atoms with Crippen molar-refractivity contribution in [1.29, 1.82) is 0 Å². The summed E-state index contributed by atoms with van der Waals surface area (Å²) in [6, 6.07) is 0.229. The SMILES string of the molecule is CCCCS(=O)(=O)C1CCC(N)CC1. The molecule has 4 heteroatoms. The average Bonchev–Trinajstić information content (AvgIpc) is 2.16. The van der Waals surface area contributed by atoms with Crippen LogP contribution in [0.2, 0.25) is 0 Å². The smallest absolute Gasteiger partial charge is 0.153 e. The van der Waals surface area contributed by atoms with E-state index >= 15 is 0 Å². The van der Waals surface area contributed by atoms with E-state index in [1.54, 1.807) is 0 Å². The second-order valence-corrected chi connectivity index (χ2v) is 6.66.